The van der Waals surface area contributed by atoms with Gasteiger partial charge in [-0.3, -0.25) is 4.79 Å². The molecule has 0 aromatic heterocycles. The minimum absolute atomic E-state index is 0.145. The summed E-state index contributed by atoms with van der Waals surface area (Å²) < 4.78 is 4.93. The van der Waals surface area contributed by atoms with E-state index in [1.807, 2.05) is 0 Å². The van der Waals surface area contributed by atoms with Gasteiger partial charge in [-0.1, -0.05) is 95.6 Å². The maximum Gasteiger partial charge on any atom is 0.302 e. The van der Waals surface area contributed by atoms with Gasteiger partial charge >= 0.3 is 5.97 Å². The zero-order chi connectivity index (χ0) is 20.2. The van der Waals surface area contributed by atoms with E-state index >= 15 is 0 Å². The van der Waals surface area contributed by atoms with E-state index in [-0.39, 0.29) is 12.1 Å². The summed E-state index contributed by atoms with van der Waals surface area (Å²) in [5.74, 6) is -0.164. The molecular formula is C24H46O3. The lowest BCUT2D eigenvalue weighted by Gasteiger charge is -2.08. The molecule has 3 heteroatoms. The predicted octanol–water partition coefficient (Wildman–Crippen LogP) is 7.12. The molecule has 0 bridgehead atoms. The van der Waals surface area contributed by atoms with Crippen LogP contribution in [-0.4, -0.2) is 23.8 Å². The van der Waals surface area contributed by atoms with E-state index in [1.165, 1.54) is 83.1 Å². The van der Waals surface area contributed by atoms with E-state index < -0.39 is 0 Å². The average Bonchev–Trinajstić information content (AvgIpc) is 2.65. The first-order chi connectivity index (χ1) is 13.1. The van der Waals surface area contributed by atoms with Crippen LogP contribution in [0, 0.1) is 0 Å². The molecule has 0 aliphatic carbocycles. The second-order valence-electron chi connectivity index (χ2n) is 8.02. The standard InChI is InChI=1S/C24H46O3/c1-4-22(2)19-20-24(26)18-16-14-12-10-8-6-5-7-9-11-13-15-17-21-27-23(3)25/h19,24,26H,4-18,20-21H2,1-3H3. The molecule has 1 N–H and O–H groups in total. The number of aliphatic hydroxyl groups excluding tert-OH is 1. The first-order valence-corrected chi connectivity index (χ1v) is 11.5. The third kappa shape index (κ3) is 21.3. The zero-order valence-corrected chi connectivity index (χ0v) is 18.4. The molecule has 1 atom stereocenters. The van der Waals surface area contributed by atoms with Crippen LogP contribution in [0.3, 0.4) is 0 Å². The summed E-state index contributed by atoms with van der Waals surface area (Å²) in [5.41, 5.74) is 1.38. The molecule has 1 unspecified atom stereocenters. The maximum atomic E-state index is 10.6. The molecule has 0 aromatic rings. The molecule has 0 saturated carbocycles. The first kappa shape index (κ1) is 26.2. The van der Waals surface area contributed by atoms with Gasteiger partial charge in [-0.25, -0.2) is 0 Å². The van der Waals surface area contributed by atoms with Gasteiger partial charge in [0.25, 0.3) is 0 Å². The summed E-state index contributed by atoms with van der Waals surface area (Å²) in [5, 5.41) is 9.96. The number of allylic oxidation sites excluding steroid dienone is 1. The average molecular weight is 383 g/mol. The number of unbranched alkanes of at least 4 members (excludes halogenated alkanes) is 12. The Balaban J connectivity index is 3.18. The van der Waals surface area contributed by atoms with Gasteiger partial charge < -0.3 is 9.84 Å². The lowest BCUT2D eigenvalue weighted by atomic mass is 10.0. The molecule has 0 fully saturated rings. The highest BCUT2D eigenvalue weighted by Gasteiger charge is 2.02. The summed E-state index contributed by atoms with van der Waals surface area (Å²) in [6.07, 6.45) is 21.6. The smallest absolute Gasteiger partial charge is 0.302 e. The Morgan fingerprint density at radius 1 is 0.815 bits per heavy atom. The van der Waals surface area contributed by atoms with Gasteiger partial charge in [0, 0.05) is 6.92 Å². The topological polar surface area (TPSA) is 46.5 Å². The number of hydrogen-bond donors (Lipinski definition) is 1. The highest BCUT2D eigenvalue weighted by Crippen LogP contribution is 2.14. The highest BCUT2D eigenvalue weighted by molar-refractivity contribution is 5.65. The van der Waals surface area contributed by atoms with Gasteiger partial charge in [0.2, 0.25) is 0 Å². The van der Waals surface area contributed by atoms with Crippen molar-refractivity contribution >= 4 is 5.97 Å². The van der Waals surface area contributed by atoms with Crippen LogP contribution in [-0.2, 0) is 9.53 Å². The fourth-order valence-electron chi connectivity index (χ4n) is 3.24. The van der Waals surface area contributed by atoms with Crippen LogP contribution >= 0.6 is 0 Å². The predicted molar refractivity (Wildman–Crippen MR) is 116 cm³/mol. The Kier molecular flexibility index (Phi) is 19.3. The molecular weight excluding hydrogens is 336 g/mol. The largest absolute Gasteiger partial charge is 0.466 e. The number of carbonyl (C=O) groups excluding carboxylic acids is 1. The number of aliphatic hydroxyl groups is 1. The SMILES string of the molecule is CCC(C)=CCC(O)CCCCCCCCCCCCCCCOC(C)=O. The Hall–Kier alpha value is -0.830. The van der Waals surface area contributed by atoms with E-state index in [9.17, 15) is 9.90 Å². The lowest BCUT2D eigenvalue weighted by molar-refractivity contribution is -0.141. The molecule has 0 aliphatic heterocycles. The molecule has 0 rings (SSSR count). The molecule has 27 heavy (non-hydrogen) atoms. The quantitative estimate of drug-likeness (QED) is 0.147. The first-order valence-electron chi connectivity index (χ1n) is 11.5. The molecule has 0 radical (unpaired) electrons. The molecule has 0 amide bonds. The number of carbonyl (C=O) groups is 1. The number of ether oxygens (including phenoxy) is 1. The molecule has 0 aliphatic rings. The van der Waals surface area contributed by atoms with Crippen molar-refractivity contribution in [3.63, 3.8) is 0 Å². The molecule has 0 spiro atoms. The fourth-order valence-corrected chi connectivity index (χ4v) is 3.24. The van der Waals surface area contributed by atoms with Crippen molar-refractivity contribution in [3.05, 3.63) is 11.6 Å². The van der Waals surface area contributed by atoms with E-state index in [1.54, 1.807) is 0 Å². The van der Waals surface area contributed by atoms with Crippen LogP contribution in [0.1, 0.15) is 124 Å². The summed E-state index contributed by atoms with van der Waals surface area (Å²) in [6, 6.07) is 0. The van der Waals surface area contributed by atoms with Crippen LogP contribution in [0.2, 0.25) is 0 Å². The second-order valence-corrected chi connectivity index (χ2v) is 8.02. The summed E-state index contributed by atoms with van der Waals surface area (Å²) in [7, 11) is 0. The lowest BCUT2D eigenvalue weighted by Crippen LogP contribution is -2.04. The summed E-state index contributed by atoms with van der Waals surface area (Å²) in [6.45, 7) is 6.36. The van der Waals surface area contributed by atoms with E-state index in [4.69, 9.17) is 4.74 Å². The van der Waals surface area contributed by atoms with E-state index in [2.05, 4.69) is 19.9 Å². The van der Waals surface area contributed by atoms with Crippen molar-refractivity contribution in [1.29, 1.82) is 0 Å². The van der Waals surface area contributed by atoms with Crippen molar-refractivity contribution in [2.75, 3.05) is 6.61 Å². The Bertz CT molecular complexity index is 363. The van der Waals surface area contributed by atoms with Gasteiger partial charge in [-0.05, 0) is 32.6 Å². The van der Waals surface area contributed by atoms with Gasteiger partial charge in [0.15, 0.2) is 0 Å². The number of esters is 1. The van der Waals surface area contributed by atoms with Gasteiger partial charge in [0.1, 0.15) is 0 Å². The van der Waals surface area contributed by atoms with Crippen LogP contribution in [0.5, 0.6) is 0 Å². The Morgan fingerprint density at radius 3 is 1.70 bits per heavy atom. The summed E-state index contributed by atoms with van der Waals surface area (Å²) in [4.78, 5) is 10.6. The Labute approximate surface area is 169 Å². The molecule has 0 aromatic carbocycles. The third-order valence-electron chi connectivity index (χ3n) is 5.28. The maximum absolute atomic E-state index is 10.6. The molecule has 0 heterocycles. The normalized spacial score (nSPS) is 13.0. The molecule has 3 nitrogen and oxygen atoms in total. The van der Waals surface area contributed by atoms with Crippen molar-refractivity contribution in [2.24, 2.45) is 0 Å². The minimum atomic E-state index is -0.164. The van der Waals surface area contributed by atoms with Crippen molar-refractivity contribution < 1.29 is 14.6 Å². The van der Waals surface area contributed by atoms with Gasteiger partial charge in [0.05, 0.1) is 12.7 Å². The molecule has 0 saturated heterocycles. The van der Waals surface area contributed by atoms with Crippen LogP contribution in [0.25, 0.3) is 0 Å². The summed E-state index contributed by atoms with van der Waals surface area (Å²) >= 11 is 0. The van der Waals surface area contributed by atoms with Crippen LogP contribution in [0.15, 0.2) is 11.6 Å². The second kappa shape index (κ2) is 19.9. The zero-order valence-electron chi connectivity index (χ0n) is 18.4. The fraction of sp³-hybridized carbons (Fsp3) is 0.875. The van der Waals surface area contributed by atoms with Crippen molar-refractivity contribution in [2.45, 2.75) is 130 Å². The van der Waals surface area contributed by atoms with E-state index in [0.29, 0.717) is 6.61 Å². The van der Waals surface area contributed by atoms with Crippen molar-refractivity contribution in [3.8, 4) is 0 Å². The molecule has 160 valence electrons. The van der Waals surface area contributed by atoms with Gasteiger partial charge in [-0.15, -0.1) is 0 Å². The van der Waals surface area contributed by atoms with Crippen molar-refractivity contribution in [1.82, 2.24) is 0 Å². The Morgan fingerprint density at radius 2 is 1.26 bits per heavy atom. The van der Waals surface area contributed by atoms with Crippen LogP contribution in [0.4, 0.5) is 0 Å². The minimum Gasteiger partial charge on any atom is -0.466 e. The van der Waals surface area contributed by atoms with Crippen LogP contribution < -0.4 is 0 Å². The monoisotopic (exact) mass is 382 g/mol. The number of rotatable bonds is 19. The van der Waals surface area contributed by atoms with E-state index in [0.717, 1.165) is 32.1 Å². The third-order valence-corrected chi connectivity index (χ3v) is 5.28. The highest BCUT2D eigenvalue weighted by atomic mass is 16.5. The van der Waals surface area contributed by atoms with Gasteiger partial charge in [-0.2, -0.15) is 0 Å². The number of hydrogen-bond acceptors (Lipinski definition) is 3.